The number of hydrogen-bond acceptors (Lipinski definition) is 2. The molecule has 0 saturated carbocycles. The van der Waals surface area contributed by atoms with Crippen LogP contribution in [-0.4, -0.2) is 37.2 Å². The first-order valence-electron chi connectivity index (χ1n) is 5.20. The Morgan fingerprint density at radius 1 is 1.38 bits per heavy atom. The molecular weight excluding hydrogens is 186 g/mol. The molecule has 1 aliphatic rings. The molecule has 1 rings (SSSR count). The Bertz CT molecular complexity index is 121. The lowest BCUT2D eigenvalue weighted by atomic mass is 10.1. The maximum absolute atomic E-state index is 5.44. The normalized spacial score (nSPS) is 24.0. The van der Waals surface area contributed by atoms with E-state index in [2.05, 4.69) is 18.7 Å². The quantitative estimate of drug-likeness (QED) is 0.702. The van der Waals surface area contributed by atoms with Crippen LogP contribution in [0.15, 0.2) is 0 Å². The van der Waals surface area contributed by atoms with Gasteiger partial charge in [-0.3, -0.25) is 4.90 Å². The summed E-state index contributed by atoms with van der Waals surface area (Å²) in [4.78, 5) is 2.58. The molecule has 0 N–H and O–H groups in total. The number of morpholine rings is 1. The van der Waals surface area contributed by atoms with Crippen molar-refractivity contribution in [1.82, 2.24) is 4.90 Å². The molecule has 13 heavy (non-hydrogen) atoms. The van der Waals surface area contributed by atoms with Crippen molar-refractivity contribution in [1.29, 1.82) is 0 Å². The van der Waals surface area contributed by atoms with E-state index in [0.717, 1.165) is 19.8 Å². The van der Waals surface area contributed by atoms with Gasteiger partial charge in [0.2, 0.25) is 0 Å². The lowest BCUT2D eigenvalue weighted by Gasteiger charge is -2.34. The van der Waals surface area contributed by atoms with Gasteiger partial charge in [0, 0.05) is 12.6 Å². The summed E-state index contributed by atoms with van der Waals surface area (Å²) < 4.78 is 5.44. The average Bonchev–Trinajstić information content (AvgIpc) is 2.15. The summed E-state index contributed by atoms with van der Waals surface area (Å²) in [5.74, 6) is 0. The number of rotatable bonds is 4. The predicted octanol–water partition coefficient (Wildman–Crippen LogP) is 2.32. The van der Waals surface area contributed by atoms with Crippen LogP contribution in [0, 0.1) is 0 Å². The van der Waals surface area contributed by atoms with Crippen LogP contribution in [0.25, 0.3) is 0 Å². The van der Waals surface area contributed by atoms with Crippen molar-refractivity contribution in [3.63, 3.8) is 0 Å². The highest BCUT2D eigenvalue weighted by atomic mass is 35.5. The van der Waals surface area contributed by atoms with Crippen molar-refractivity contribution in [3.05, 3.63) is 0 Å². The van der Waals surface area contributed by atoms with Gasteiger partial charge in [0.15, 0.2) is 0 Å². The third-order valence-electron chi connectivity index (χ3n) is 2.62. The van der Waals surface area contributed by atoms with E-state index in [1.807, 2.05) is 0 Å². The molecule has 0 aromatic carbocycles. The first kappa shape index (κ1) is 13.2. The van der Waals surface area contributed by atoms with Gasteiger partial charge >= 0.3 is 0 Å². The van der Waals surface area contributed by atoms with Gasteiger partial charge < -0.3 is 4.74 Å². The minimum atomic E-state index is 0. The number of hydrogen-bond donors (Lipinski definition) is 0. The number of nitrogens with zero attached hydrogens (tertiary/aromatic N) is 1. The molecule has 1 aliphatic heterocycles. The summed E-state index contributed by atoms with van der Waals surface area (Å²) >= 11 is 0. The molecule has 0 bridgehead atoms. The van der Waals surface area contributed by atoms with E-state index >= 15 is 0 Å². The summed E-state index contributed by atoms with van der Waals surface area (Å²) in [6.45, 7) is 8.77. The first-order chi connectivity index (χ1) is 5.88. The topological polar surface area (TPSA) is 12.5 Å². The monoisotopic (exact) mass is 207 g/mol. The van der Waals surface area contributed by atoms with E-state index in [-0.39, 0.29) is 12.4 Å². The van der Waals surface area contributed by atoms with E-state index in [1.54, 1.807) is 0 Å². The smallest absolute Gasteiger partial charge is 0.0622 e. The maximum atomic E-state index is 5.44. The molecule has 0 amide bonds. The zero-order valence-corrected chi connectivity index (χ0v) is 9.61. The molecule has 3 heteroatoms. The van der Waals surface area contributed by atoms with E-state index in [0.29, 0.717) is 6.04 Å². The number of halogens is 1. The van der Waals surface area contributed by atoms with E-state index in [4.69, 9.17) is 4.74 Å². The average molecular weight is 208 g/mol. The molecule has 1 fully saturated rings. The van der Waals surface area contributed by atoms with E-state index in [9.17, 15) is 0 Å². The van der Waals surface area contributed by atoms with Gasteiger partial charge in [-0.15, -0.1) is 12.4 Å². The van der Waals surface area contributed by atoms with Crippen LogP contribution in [0.1, 0.15) is 33.1 Å². The van der Waals surface area contributed by atoms with Gasteiger partial charge in [0.05, 0.1) is 13.2 Å². The third-order valence-corrected chi connectivity index (χ3v) is 2.62. The van der Waals surface area contributed by atoms with Crippen molar-refractivity contribution in [3.8, 4) is 0 Å². The summed E-state index contributed by atoms with van der Waals surface area (Å²) in [7, 11) is 0. The fourth-order valence-corrected chi connectivity index (χ4v) is 1.72. The second-order valence-electron chi connectivity index (χ2n) is 3.53. The Kier molecular flexibility index (Phi) is 7.72. The van der Waals surface area contributed by atoms with Crippen molar-refractivity contribution >= 4 is 12.4 Å². The zero-order valence-electron chi connectivity index (χ0n) is 8.79. The molecular formula is C10H22ClNO. The highest BCUT2D eigenvalue weighted by Crippen LogP contribution is 2.10. The van der Waals surface area contributed by atoms with Gasteiger partial charge in [-0.25, -0.2) is 0 Å². The maximum Gasteiger partial charge on any atom is 0.0622 e. The Balaban J connectivity index is 0.00000144. The molecule has 2 nitrogen and oxygen atoms in total. The van der Waals surface area contributed by atoms with Gasteiger partial charge in [0.25, 0.3) is 0 Å². The largest absolute Gasteiger partial charge is 0.378 e. The van der Waals surface area contributed by atoms with Crippen LogP contribution in [0.5, 0.6) is 0 Å². The molecule has 1 heterocycles. The fraction of sp³-hybridized carbons (Fsp3) is 1.00. The van der Waals surface area contributed by atoms with Crippen molar-refractivity contribution < 1.29 is 4.74 Å². The van der Waals surface area contributed by atoms with Gasteiger partial charge in [-0.05, 0) is 19.4 Å². The van der Waals surface area contributed by atoms with Crippen LogP contribution in [0.3, 0.4) is 0 Å². The van der Waals surface area contributed by atoms with E-state index < -0.39 is 0 Å². The number of ether oxygens (including phenoxy) is 1. The highest BCUT2D eigenvalue weighted by Gasteiger charge is 2.19. The predicted molar refractivity (Wildman–Crippen MR) is 58.6 cm³/mol. The lowest BCUT2D eigenvalue weighted by Crippen LogP contribution is -2.45. The summed E-state index contributed by atoms with van der Waals surface area (Å²) in [6.07, 6.45) is 3.86. The van der Waals surface area contributed by atoms with E-state index in [1.165, 1.54) is 25.8 Å². The molecule has 0 radical (unpaired) electrons. The Morgan fingerprint density at radius 2 is 2.15 bits per heavy atom. The minimum absolute atomic E-state index is 0. The molecule has 1 saturated heterocycles. The lowest BCUT2D eigenvalue weighted by molar-refractivity contribution is -0.00898. The standard InChI is InChI=1S/C10H21NO.ClH/c1-3-5-6-11-7-8-12-9-10(11)4-2;/h10H,3-9H2,1-2H3;1H. The van der Waals surface area contributed by atoms with Crippen molar-refractivity contribution in [2.75, 3.05) is 26.3 Å². The summed E-state index contributed by atoms with van der Waals surface area (Å²) in [6, 6.07) is 0.685. The first-order valence-corrected chi connectivity index (χ1v) is 5.20. The van der Waals surface area contributed by atoms with Gasteiger partial charge in [-0.2, -0.15) is 0 Å². The second-order valence-corrected chi connectivity index (χ2v) is 3.53. The molecule has 0 aromatic rings. The van der Waals surface area contributed by atoms with Crippen LogP contribution in [0.2, 0.25) is 0 Å². The third kappa shape index (κ3) is 4.30. The van der Waals surface area contributed by atoms with Crippen molar-refractivity contribution in [2.24, 2.45) is 0 Å². The summed E-state index contributed by atoms with van der Waals surface area (Å²) in [5, 5.41) is 0. The molecule has 0 aromatic heterocycles. The second kappa shape index (κ2) is 7.60. The highest BCUT2D eigenvalue weighted by molar-refractivity contribution is 5.85. The Morgan fingerprint density at radius 3 is 2.77 bits per heavy atom. The molecule has 0 spiro atoms. The Hall–Kier alpha value is 0.210. The van der Waals surface area contributed by atoms with Crippen LogP contribution in [0.4, 0.5) is 0 Å². The molecule has 0 aliphatic carbocycles. The molecule has 80 valence electrons. The van der Waals surface area contributed by atoms with Gasteiger partial charge in [-0.1, -0.05) is 20.3 Å². The van der Waals surface area contributed by atoms with Crippen molar-refractivity contribution in [2.45, 2.75) is 39.2 Å². The fourth-order valence-electron chi connectivity index (χ4n) is 1.72. The SMILES string of the molecule is CCCCN1CCOCC1CC.Cl. The van der Waals surface area contributed by atoms with Crippen LogP contribution in [-0.2, 0) is 4.74 Å². The Labute approximate surface area is 88.0 Å². The van der Waals surface area contributed by atoms with Crippen LogP contribution >= 0.6 is 12.4 Å². The van der Waals surface area contributed by atoms with Gasteiger partial charge in [0.1, 0.15) is 0 Å². The number of unbranched alkanes of at least 4 members (excludes halogenated alkanes) is 1. The summed E-state index contributed by atoms with van der Waals surface area (Å²) in [5.41, 5.74) is 0. The molecule has 1 unspecified atom stereocenters. The van der Waals surface area contributed by atoms with Crippen LogP contribution < -0.4 is 0 Å². The zero-order chi connectivity index (χ0) is 8.81. The minimum Gasteiger partial charge on any atom is -0.378 e. The molecule has 1 atom stereocenters.